The summed E-state index contributed by atoms with van der Waals surface area (Å²) in [5.41, 5.74) is 11.2. The van der Waals surface area contributed by atoms with Crippen LogP contribution < -0.4 is 11.5 Å². The number of hydrogen-bond donors (Lipinski definition) is 4. The molecule has 0 aliphatic rings. The summed E-state index contributed by atoms with van der Waals surface area (Å²) in [4.78, 5) is -0.729. The molecular formula is C12H12N2O4S. The molecule has 19 heavy (non-hydrogen) atoms. The van der Waals surface area contributed by atoms with Gasteiger partial charge in [0.1, 0.15) is 21.3 Å². The van der Waals surface area contributed by atoms with Crippen LogP contribution in [0.3, 0.4) is 0 Å². The van der Waals surface area contributed by atoms with E-state index >= 15 is 0 Å². The van der Waals surface area contributed by atoms with Crippen LogP contribution in [-0.4, -0.2) is 18.6 Å². The van der Waals surface area contributed by atoms with Gasteiger partial charge in [-0.2, -0.15) is 0 Å². The van der Waals surface area contributed by atoms with E-state index < -0.39 is 20.5 Å². The third kappa shape index (κ3) is 2.15. The summed E-state index contributed by atoms with van der Waals surface area (Å²) < 4.78 is 24.8. The molecule has 7 heteroatoms. The molecule has 0 radical (unpaired) electrons. The number of hydrogen-bond acceptors (Lipinski definition) is 6. The average Bonchev–Trinajstić information content (AvgIpc) is 2.31. The van der Waals surface area contributed by atoms with Gasteiger partial charge in [-0.25, -0.2) is 8.42 Å². The van der Waals surface area contributed by atoms with Crippen LogP contribution in [-0.2, 0) is 9.84 Å². The molecule has 0 aromatic heterocycles. The molecular weight excluding hydrogens is 268 g/mol. The van der Waals surface area contributed by atoms with Gasteiger partial charge in [0.05, 0.1) is 11.4 Å². The molecule has 6 N–H and O–H groups in total. The maximum atomic E-state index is 12.4. The van der Waals surface area contributed by atoms with Crippen molar-refractivity contribution in [1.82, 2.24) is 0 Å². The number of benzene rings is 2. The first kappa shape index (κ1) is 13.0. The lowest BCUT2D eigenvalue weighted by atomic mass is 10.3. The lowest BCUT2D eigenvalue weighted by molar-refractivity contribution is 0.445. The van der Waals surface area contributed by atoms with Crippen molar-refractivity contribution >= 4 is 21.2 Å². The lowest BCUT2D eigenvalue weighted by Gasteiger charge is -2.11. The second kappa shape index (κ2) is 4.36. The Balaban J connectivity index is 2.77. The van der Waals surface area contributed by atoms with Crippen LogP contribution in [0.1, 0.15) is 0 Å². The Morgan fingerprint density at radius 3 is 2.11 bits per heavy atom. The van der Waals surface area contributed by atoms with Gasteiger partial charge in [0.25, 0.3) is 0 Å². The standard InChI is InChI=1S/C12H12N2O4S/c13-8-2-1-3-9(14)12(8)19(17,18)11-6-7(15)4-5-10(11)16/h1-6,15-16H,13-14H2. The van der Waals surface area contributed by atoms with Crippen molar-refractivity contribution in [2.75, 3.05) is 11.5 Å². The second-order valence-corrected chi connectivity index (χ2v) is 5.78. The smallest absolute Gasteiger partial charge is 0.214 e. The molecule has 0 spiro atoms. The number of sulfone groups is 1. The number of phenolic OH excluding ortho intramolecular Hbond substituents is 2. The number of nitrogens with two attached hydrogens (primary N) is 2. The topological polar surface area (TPSA) is 127 Å². The minimum atomic E-state index is -4.11. The molecule has 0 atom stereocenters. The molecule has 0 heterocycles. The van der Waals surface area contributed by atoms with E-state index in [-0.39, 0.29) is 22.0 Å². The predicted molar refractivity (Wildman–Crippen MR) is 70.5 cm³/mol. The molecule has 2 aromatic rings. The highest BCUT2D eigenvalue weighted by molar-refractivity contribution is 7.92. The fourth-order valence-electron chi connectivity index (χ4n) is 1.71. The quantitative estimate of drug-likeness (QED) is 0.482. The molecule has 0 saturated carbocycles. The zero-order valence-electron chi connectivity index (χ0n) is 9.74. The SMILES string of the molecule is Nc1cccc(N)c1S(=O)(=O)c1cc(O)ccc1O. The fourth-order valence-corrected chi connectivity index (χ4v) is 3.31. The number of anilines is 2. The molecule has 2 aromatic carbocycles. The van der Waals surface area contributed by atoms with Gasteiger partial charge in [0, 0.05) is 6.07 Å². The van der Waals surface area contributed by atoms with Gasteiger partial charge < -0.3 is 21.7 Å². The monoisotopic (exact) mass is 280 g/mol. The molecule has 100 valence electrons. The first-order valence-corrected chi connectivity index (χ1v) is 6.73. The summed E-state index contributed by atoms with van der Waals surface area (Å²) in [5.74, 6) is -0.773. The minimum Gasteiger partial charge on any atom is -0.508 e. The van der Waals surface area contributed by atoms with Gasteiger partial charge in [-0.3, -0.25) is 0 Å². The van der Waals surface area contributed by atoms with Crippen LogP contribution in [0.15, 0.2) is 46.2 Å². The number of aromatic hydroxyl groups is 2. The molecule has 0 saturated heterocycles. The molecule has 0 unspecified atom stereocenters. The highest BCUT2D eigenvalue weighted by atomic mass is 32.2. The van der Waals surface area contributed by atoms with Crippen molar-refractivity contribution in [2.24, 2.45) is 0 Å². The second-order valence-electron chi connectivity index (χ2n) is 3.92. The number of rotatable bonds is 2. The zero-order chi connectivity index (χ0) is 14.2. The Bertz CT molecular complexity index is 721. The van der Waals surface area contributed by atoms with Crippen LogP contribution in [0.2, 0.25) is 0 Å². The number of phenols is 2. The Hall–Kier alpha value is -2.41. The van der Waals surface area contributed by atoms with Gasteiger partial charge in [-0.05, 0) is 24.3 Å². The van der Waals surface area contributed by atoms with Crippen LogP contribution in [0.4, 0.5) is 11.4 Å². The fraction of sp³-hybridized carbons (Fsp3) is 0. The first-order valence-electron chi connectivity index (χ1n) is 5.25. The molecule has 2 rings (SSSR count). The van der Waals surface area contributed by atoms with E-state index in [2.05, 4.69) is 0 Å². The Labute approximate surface area is 109 Å². The third-order valence-electron chi connectivity index (χ3n) is 2.58. The number of nitrogen functional groups attached to an aromatic ring is 2. The maximum Gasteiger partial charge on any atom is 0.214 e. The van der Waals surface area contributed by atoms with Gasteiger partial charge >= 0.3 is 0 Å². The van der Waals surface area contributed by atoms with E-state index in [0.29, 0.717) is 0 Å². The van der Waals surface area contributed by atoms with Crippen molar-refractivity contribution in [3.8, 4) is 11.5 Å². The largest absolute Gasteiger partial charge is 0.508 e. The molecule has 0 amide bonds. The van der Waals surface area contributed by atoms with E-state index in [1.165, 1.54) is 24.3 Å². The van der Waals surface area contributed by atoms with Crippen molar-refractivity contribution in [3.63, 3.8) is 0 Å². The Morgan fingerprint density at radius 2 is 1.53 bits per heavy atom. The summed E-state index contributed by atoms with van der Waals surface area (Å²) in [5, 5.41) is 19.0. The summed E-state index contributed by atoms with van der Waals surface area (Å²) in [6.45, 7) is 0. The molecule has 6 nitrogen and oxygen atoms in total. The Morgan fingerprint density at radius 1 is 0.947 bits per heavy atom. The summed E-state index contributed by atoms with van der Waals surface area (Å²) >= 11 is 0. The zero-order valence-corrected chi connectivity index (χ0v) is 10.6. The first-order chi connectivity index (χ1) is 8.84. The van der Waals surface area contributed by atoms with Crippen LogP contribution >= 0.6 is 0 Å². The van der Waals surface area contributed by atoms with Crippen molar-refractivity contribution < 1.29 is 18.6 Å². The van der Waals surface area contributed by atoms with E-state index in [4.69, 9.17) is 11.5 Å². The van der Waals surface area contributed by atoms with Gasteiger partial charge in [0.15, 0.2) is 0 Å². The van der Waals surface area contributed by atoms with Gasteiger partial charge in [0.2, 0.25) is 9.84 Å². The average molecular weight is 280 g/mol. The maximum absolute atomic E-state index is 12.4. The van der Waals surface area contributed by atoms with Crippen LogP contribution in [0.5, 0.6) is 11.5 Å². The predicted octanol–water partition coefficient (Wildman–Crippen LogP) is 1.09. The summed E-state index contributed by atoms with van der Waals surface area (Å²) in [7, 11) is -4.11. The van der Waals surface area contributed by atoms with Crippen molar-refractivity contribution in [2.45, 2.75) is 9.79 Å². The third-order valence-corrected chi connectivity index (χ3v) is 4.49. The molecule has 0 aliphatic heterocycles. The van der Waals surface area contributed by atoms with E-state index in [0.717, 1.165) is 12.1 Å². The normalized spacial score (nSPS) is 11.4. The lowest BCUT2D eigenvalue weighted by Crippen LogP contribution is -2.09. The molecule has 0 bridgehead atoms. The summed E-state index contributed by atoms with van der Waals surface area (Å²) in [6.07, 6.45) is 0. The minimum absolute atomic E-state index is 0.0252. The van der Waals surface area contributed by atoms with E-state index in [9.17, 15) is 18.6 Å². The van der Waals surface area contributed by atoms with E-state index in [1.54, 1.807) is 0 Å². The Kier molecular flexibility index (Phi) is 2.99. The highest BCUT2D eigenvalue weighted by Crippen LogP contribution is 2.36. The highest BCUT2D eigenvalue weighted by Gasteiger charge is 2.26. The van der Waals surface area contributed by atoms with Crippen molar-refractivity contribution in [1.29, 1.82) is 0 Å². The van der Waals surface area contributed by atoms with Crippen LogP contribution in [0, 0.1) is 0 Å². The van der Waals surface area contributed by atoms with Crippen LogP contribution in [0.25, 0.3) is 0 Å². The summed E-state index contributed by atoms with van der Waals surface area (Å²) in [6, 6.07) is 7.50. The van der Waals surface area contributed by atoms with E-state index in [1.807, 2.05) is 0 Å². The van der Waals surface area contributed by atoms with Gasteiger partial charge in [-0.15, -0.1) is 0 Å². The molecule has 0 aliphatic carbocycles. The molecule has 0 fully saturated rings. The van der Waals surface area contributed by atoms with Gasteiger partial charge in [-0.1, -0.05) is 6.07 Å². The van der Waals surface area contributed by atoms with Crippen molar-refractivity contribution in [3.05, 3.63) is 36.4 Å².